The number of carbonyl (C=O) groups is 1. The largest absolute Gasteiger partial charge is 0.478 e. The summed E-state index contributed by atoms with van der Waals surface area (Å²) in [5, 5.41) is 9.22. The molecule has 2 aliphatic rings. The van der Waals surface area contributed by atoms with Crippen LogP contribution in [0.2, 0.25) is 0 Å². The van der Waals surface area contributed by atoms with E-state index in [9.17, 15) is 9.90 Å². The molecular formula is C15H19NO3. The molecule has 102 valence electrons. The number of carboxylic acid groups (broad SMARTS) is 1. The van der Waals surface area contributed by atoms with Crippen LogP contribution in [-0.2, 0) is 11.2 Å². The highest BCUT2D eigenvalue weighted by Crippen LogP contribution is 2.32. The van der Waals surface area contributed by atoms with E-state index in [-0.39, 0.29) is 0 Å². The minimum atomic E-state index is -0.815. The van der Waals surface area contributed by atoms with Crippen molar-refractivity contribution in [2.75, 3.05) is 31.2 Å². The molecule has 1 N–H and O–H groups in total. The van der Waals surface area contributed by atoms with Crippen LogP contribution in [0.1, 0.15) is 28.8 Å². The molecule has 3 rings (SSSR count). The maximum absolute atomic E-state index is 11.2. The van der Waals surface area contributed by atoms with Crippen LogP contribution in [0.4, 0.5) is 5.69 Å². The fourth-order valence-electron chi connectivity index (χ4n) is 3.13. The van der Waals surface area contributed by atoms with E-state index in [2.05, 4.69) is 4.90 Å². The molecular weight excluding hydrogens is 242 g/mol. The van der Waals surface area contributed by atoms with E-state index < -0.39 is 5.97 Å². The first-order valence-corrected chi connectivity index (χ1v) is 6.93. The van der Waals surface area contributed by atoms with Gasteiger partial charge >= 0.3 is 5.97 Å². The number of rotatable bonds is 3. The maximum atomic E-state index is 11.2. The van der Waals surface area contributed by atoms with Crippen molar-refractivity contribution >= 4 is 11.7 Å². The minimum Gasteiger partial charge on any atom is -0.478 e. The number of hydrogen-bond acceptors (Lipinski definition) is 3. The third kappa shape index (κ3) is 2.45. The van der Waals surface area contributed by atoms with Crippen LogP contribution in [0.25, 0.3) is 0 Å². The Morgan fingerprint density at radius 3 is 2.89 bits per heavy atom. The average Bonchev–Trinajstić information content (AvgIpc) is 2.83. The van der Waals surface area contributed by atoms with E-state index in [0.717, 1.165) is 56.8 Å². The summed E-state index contributed by atoms with van der Waals surface area (Å²) in [5.74, 6) is -0.141. The van der Waals surface area contributed by atoms with Gasteiger partial charge in [0, 0.05) is 32.0 Å². The van der Waals surface area contributed by atoms with Gasteiger partial charge < -0.3 is 14.7 Å². The molecule has 0 aromatic heterocycles. The molecule has 1 aromatic rings. The Morgan fingerprint density at radius 1 is 1.37 bits per heavy atom. The van der Waals surface area contributed by atoms with Crippen LogP contribution >= 0.6 is 0 Å². The Morgan fingerprint density at radius 2 is 2.16 bits per heavy atom. The summed E-state index contributed by atoms with van der Waals surface area (Å²) in [7, 11) is 0. The van der Waals surface area contributed by atoms with Crippen LogP contribution in [-0.4, -0.2) is 37.4 Å². The highest BCUT2D eigenvalue weighted by atomic mass is 16.5. The molecule has 0 aliphatic carbocycles. The van der Waals surface area contributed by atoms with Crippen molar-refractivity contribution in [2.45, 2.75) is 19.3 Å². The number of carboxylic acids is 1. The number of ether oxygens (including phenoxy) is 1. The third-order valence-corrected chi connectivity index (χ3v) is 4.17. The van der Waals surface area contributed by atoms with E-state index in [0.29, 0.717) is 11.5 Å². The van der Waals surface area contributed by atoms with Crippen molar-refractivity contribution in [1.29, 1.82) is 0 Å². The van der Waals surface area contributed by atoms with Gasteiger partial charge in [-0.05, 0) is 42.9 Å². The van der Waals surface area contributed by atoms with Crippen molar-refractivity contribution in [2.24, 2.45) is 5.92 Å². The molecule has 2 aliphatic heterocycles. The Balaban J connectivity index is 1.78. The monoisotopic (exact) mass is 261 g/mol. The average molecular weight is 261 g/mol. The van der Waals surface area contributed by atoms with Gasteiger partial charge in [0.15, 0.2) is 0 Å². The van der Waals surface area contributed by atoms with Gasteiger partial charge in [-0.2, -0.15) is 0 Å². The number of anilines is 1. The van der Waals surface area contributed by atoms with E-state index in [1.54, 1.807) is 6.07 Å². The molecule has 4 heteroatoms. The summed E-state index contributed by atoms with van der Waals surface area (Å²) in [5.41, 5.74) is 2.58. The Bertz CT molecular complexity index is 480. The number of benzene rings is 1. The number of nitrogens with zero attached hydrogens (tertiary/aromatic N) is 1. The van der Waals surface area contributed by atoms with Crippen LogP contribution in [0.3, 0.4) is 0 Å². The molecule has 2 heterocycles. The van der Waals surface area contributed by atoms with Crippen molar-refractivity contribution < 1.29 is 14.6 Å². The van der Waals surface area contributed by atoms with Crippen molar-refractivity contribution in [3.8, 4) is 0 Å². The van der Waals surface area contributed by atoms with Gasteiger partial charge in [0.05, 0.1) is 5.56 Å². The van der Waals surface area contributed by atoms with Crippen LogP contribution in [0.5, 0.6) is 0 Å². The Labute approximate surface area is 113 Å². The standard InChI is InChI=1S/C15H19NO3/c17-15(18)13-2-1-3-14-12(13)4-7-16(14)10-11-5-8-19-9-6-11/h1-3,11H,4-10H2,(H,17,18). The maximum Gasteiger partial charge on any atom is 0.336 e. The van der Waals surface area contributed by atoms with E-state index >= 15 is 0 Å². The first-order valence-electron chi connectivity index (χ1n) is 6.93. The summed E-state index contributed by atoms with van der Waals surface area (Å²) >= 11 is 0. The molecule has 0 spiro atoms. The molecule has 0 amide bonds. The zero-order valence-corrected chi connectivity index (χ0v) is 11.0. The second-order valence-electron chi connectivity index (χ2n) is 5.36. The summed E-state index contributed by atoms with van der Waals surface area (Å²) in [6.07, 6.45) is 3.08. The Hall–Kier alpha value is -1.55. The fraction of sp³-hybridized carbons (Fsp3) is 0.533. The SMILES string of the molecule is O=C(O)c1cccc2c1CCN2CC1CCOCC1. The molecule has 0 radical (unpaired) electrons. The molecule has 4 nitrogen and oxygen atoms in total. The second-order valence-corrected chi connectivity index (χ2v) is 5.36. The number of hydrogen-bond donors (Lipinski definition) is 1. The minimum absolute atomic E-state index is 0.465. The molecule has 0 saturated carbocycles. The van der Waals surface area contributed by atoms with Crippen molar-refractivity contribution in [3.05, 3.63) is 29.3 Å². The lowest BCUT2D eigenvalue weighted by molar-refractivity contribution is 0.0683. The van der Waals surface area contributed by atoms with E-state index in [1.165, 1.54) is 0 Å². The van der Waals surface area contributed by atoms with Gasteiger partial charge in [-0.3, -0.25) is 0 Å². The van der Waals surface area contributed by atoms with Gasteiger partial charge in [0.25, 0.3) is 0 Å². The van der Waals surface area contributed by atoms with Crippen LogP contribution in [0.15, 0.2) is 18.2 Å². The lowest BCUT2D eigenvalue weighted by Crippen LogP contribution is -2.31. The zero-order valence-electron chi connectivity index (χ0n) is 11.0. The van der Waals surface area contributed by atoms with Gasteiger partial charge in [-0.1, -0.05) is 6.07 Å². The number of fused-ring (bicyclic) bond motifs is 1. The molecule has 0 unspecified atom stereocenters. The van der Waals surface area contributed by atoms with Gasteiger partial charge in [0.1, 0.15) is 0 Å². The van der Waals surface area contributed by atoms with Crippen LogP contribution in [0, 0.1) is 5.92 Å². The van der Waals surface area contributed by atoms with Crippen molar-refractivity contribution in [1.82, 2.24) is 0 Å². The molecule has 0 bridgehead atoms. The molecule has 0 atom stereocenters. The summed E-state index contributed by atoms with van der Waals surface area (Å²) < 4.78 is 5.39. The fourth-order valence-corrected chi connectivity index (χ4v) is 3.13. The van der Waals surface area contributed by atoms with Crippen LogP contribution < -0.4 is 4.90 Å². The first kappa shape index (κ1) is 12.5. The third-order valence-electron chi connectivity index (χ3n) is 4.17. The predicted molar refractivity (Wildman–Crippen MR) is 72.9 cm³/mol. The first-order chi connectivity index (χ1) is 9.25. The molecule has 1 aromatic carbocycles. The summed E-state index contributed by atoms with van der Waals surface area (Å²) in [4.78, 5) is 13.6. The van der Waals surface area contributed by atoms with Crippen molar-refractivity contribution in [3.63, 3.8) is 0 Å². The van der Waals surface area contributed by atoms with Gasteiger partial charge in [-0.15, -0.1) is 0 Å². The topological polar surface area (TPSA) is 49.8 Å². The highest BCUT2D eigenvalue weighted by Gasteiger charge is 2.26. The molecule has 1 fully saturated rings. The predicted octanol–water partition coefficient (Wildman–Crippen LogP) is 2.17. The van der Waals surface area contributed by atoms with E-state index in [1.807, 2.05) is 12.1 Å². The van der Waals surface area contributed by atoms with Gasteiger partial charge in [0.2, 0.25) is 0 Å². The second kappa shape index (κ2) is 5.21. The Kier molecular flexibility index (Phi) is 3.42. The van der Waals surface area contributed by atoms with E-state index in [4.69, 9.17) is 4.74 Å². The summed E-state index contributed by atoms with van der Waals surface area (Å²) in [6.45, 7) is 3.69. The summed E-state index contributed by atoms with van der Waals surface area (Å²) in [6, 6.07) is 5.61. The lowest BCUT2D eigenvalue weighted by Gasteiger charge is -2.28. The quantitative estimate of drug-likeness (QED) is 0.906. The highest BCUT2D eigenvalue weighted by molar-refractivity contribution is 5.92. The molecule has 1 saturated heterocycles. The molecule has 19 heavy (non-hydrogen) atoms. The zero-order chi connectivity index (χ0) is 13.2. The normalized spacial score (nSPS) is 19.5. The lowest BCUT2D eigenvalue weighted by atomic mass is 9.99. The smallest absolute Gasteiger partial charge is 0.336 e. The number of aromatic carboxylic acids is 1. The van der Waals surface area contributed by atoms with Gasteiger partial charge in [-0.25, -0.2) is 4.79 Å².